The summed E-state index contributed by atoms with van der Waals surface area (Å²) in [5.41, 5.74) is 0. The van der Waals surface area contributed by atoms with Crippen LogP contribution in [0, 0.1) is 0 Å². The molecule has 1 aliphatic heterocycles. The molecule has 0 amide bonds. The molecule has 10 heteroatoms. The summed E-state index contributed by atoms with van der Waals surface area (Å²) in [4.78, 5) is 11.2. The average molecular weight is 318 g/mol. The summed E-state index contributed by atoms with van der Waals surface area (Å²) in [5, 5.41) is 0. The lowest BCUT2D eigenvalue weighted by molar-refractivity contribution is -0.141. The van der Waals surface area contributed by atoms with Gasteiger partial charge in [0, 0.05) is 12.6 Å². The van der Waals surface area contributed by atoms with Crippen LogP contribution in [0.4, 0.5) is 13.2 Å². The molecule has 6 nitrogen and oxygen atoms in total. The normalized spacial score (nSPS) is 21.7. The predicted octanol–water partition coefficient (Wildman–Crippen LogP) is 0.801. The molecule has 1 unspecified atom stereocenters. The van der Waals surface area contributed by atoms with E-state index in [1.165, 1.54) is 11.8 Å². The molecule has 1 N–H and O–H groups in total. The maximum Gasteiger partial charge on any atom is 0.402 e. The highest BCUT2D eigenvalue weighted by atomic mass is 32.2. The van der Waals surface area contributed by atoms with Gasteiger partial charge in [-0.3, -0.25) is 4.79 Å². The molecule has 0 aromatic carbocycles. The first kappa shape index (κ1) is 17.2. The highest BCUT2D eigenvalue weighted by molar-refractivity contribution is 7.87. The third kappa shape index (κ3) is 5.25. The van der Waals surface area contributed by atoms with Crippen LogP contribution in [0.3, 0.4) is 0 Å². The highest BCUT2D eigenvalue weighted by Gasteiger charge is 2.36. The predicted molar refractivity (Wildman–Crippen MR) is 64.0 cm³/mol. The molecular weight excluding hydrogens is 301 g/mol. The van der Waals surface area contributed by atoms with Crippen LogP contribution in [0.2, 0.25) is 0 Å². The number of carbonyl (C=O) groups is 1. The summed E-state index contributed by atoms with van der Waals surface area (Å²) < 4.78 is 66.9. The second kappa shape index (κ2) is 6.72. The molecule has 1 atom stereocenters. The minimum atomic E-state index is -4.62. The fourth-order valence-electron chi connectivity index (χ4n) is 2.03. The van der Waals surface area contributed by atoms with E-state index >= 15 is 0 Å². The number of hydrogen-bond donors (Lipinski definition) is 1. The van der Waals surface area contributed by atoms with Crippen molar-refractivity contribution in [2.75, 3.05) is 20.2 Å². The van der Waals surface area contributed by atoms with E-state index < -0.39 is 34.9 Å². The zero-order valence-corrected chi connectivity index (χ0v) is 11.8. The third-order valence-corrected chi connectivity index (χ3v) is 4.57. The summed E-state index contributed by atoms with van der Waals surface area (Å²) in [7, 11) is -3.09. The molecule has 0 bridgehead atoms. The van der Waals surface area contributed by atoms with E-state index in [-0.39, 0.29) is 13.0 Å². The molecule has 0 aliphatic carbocycles. The van der Waals surface area contributed by atoms with Gasteiger partial charge in [0.05, 0.1) is 13.5 Å². The molecule has 0 aromatic heterocycles. The number of piperidine rings is 1. The van der Waals surface area contributed by atoms with Crippen molar-refractivity contribution in [3.05, 3.63) is 0 Å². The number of hydrogen-bond acceptors (Lipinski definition) is 4. The van der Waals surface area contributed by atoms with E-state index in [9.17, 15) is 26.4 Å². The average Bonchev–Trinajstić information content (AvgIpc) is 2.36. The standard InChI is InChI=1S/C10H17F3N2O4S/c1-19-9(16)6-8-4-2-3-5-15(8)20(17,18)14-7-10(11,12)13/h8,14H,2-7H2,1H3. The molecule has 1 fully saturated rings. The van der Waals surface area contributed by atoms with Crippen LogP contribution < -0.4 is 4.72 Å². The summed E-state index contributed by atoms with van der Waals surface area (Å²) >= 11 is 0. The Morgan fingerprint density at radius 1 is 1.40 bits per heavy atom. The molecule has 1 aliphatic rings. The Balaban J connectivity index is 2.75. The SMILES string of the molecule is COC(=O)CC1CCCCN1S(=O)(=O)NCC(F)(F)F. The van der Waals surface area contributed by atoms with Gasteiger partial charge in [-0.2, -0.15) is 30.6 Å². The van der Waals surface area contributed by atoms with E-state index in [0.717, 1.165) is 4.31 Å². The first-order chi connectivity index (χ1) is 9.15. The van der Waals surface area contributed by atoms with E-state index in [0.29, 0.717) is 19.3 Å². The Kier molecular flexibility index (Phi) is 5.78. The van der Waals surface area contributed by atoms with Gasteiger partial charge in [-0.25, -0.2) is 0 Å². The first-order valence-electron chi connectivity index (χ1n) is 6.06. The lowest BCUT2D eigenvalue weighted by Gasteiger charge is -2.34. The number of nitrogens with one attached hydrogen (secondary N) is 1. The largest absolute Gasteiger partial charge is 0.469 e. The minimum absolute atomic E-state index is 0.0921. The highest BCUT2D eigenvalue weighted by Crippen LogP contribution is 2.23. The number of nitrogens with zero attached hydrogens (tertiary/aromatic N) is 1. The van der Waals surface area contributed by atoms with Crippen LogP contribution in [0.25, 0.3) is 0 Å². The van der Waals surface area contributed by atoms with Crippen molar-refractivity contribution in [2.24, 2.45) is 0 Å². The molecule has 1 heterocycles. The van der Waals surface area contributed by atoms with Crippen LogP contribution in [0.5, 0.6) is 0 Å². The second-order valence-electron chi connectivity index (χ2n) is 4.48. The Hall–Kier alpha value is -0.870. The molecule has 0 aromatic rings. The van der Waals surface area contributed by atoms with Crippen molar-refractivity contribution in [2.45, 2.75) is 37.9 Å². The summed E-state index contributed by atoms with van der Waals surface area (Å²) in [5.74, 6) is -0.590. The monoisotopic (exact) mass is 318 g/mol. The van der Waals surface area contributed by atoms with Gasteiger partial charge in [0.25, 0.3) is 10.2 Å². The number of ether oxygens (including phenoxy) is 1. The molecule has 0 spiro atoms. The summed E-state index contributed by atoms with van der Waals surface area (Å²) in [6.45, 7) is -1.54. The van der Waals surface area contributed by atoms with Crippen molar-refractivity contribution < 1.29 is 31.1 Å². The maximum absolute atomic E-state index is 12.1. The van der Waals surface area contributed by atoms with Gasteiger partial charge in [-0.15, -0.1) is 0 Å². The van der Waals surface area contributed by atoms with E-state index in [1.54, 1.807) is 0 Å². The number of rotatable bonds is 5. The van der Waals surface area contributed by atoms with E-state index in [1.807, 2.05) is 0 Å². The van der Waals surface area contributed by atoms with Crippen molar-refractivity contribution >= 4 is 16.2 Å². The van der Waals surface area contributed by atoms with Crippen LogP contribution in [-0.2, 0) is 19.7 Å². The molecular formula is C10H17F3N2O4S. The van der Waals surface area contributed by atoms with Gasteiger partial charge in [0.2, 0.25) is 0 Å². The Labute approximate surface area is 115 Å². The fraction of sp³-hybridized carbons (Fsp3) is 0.900. The lowest BCUT2D eigenvalue weighted by Crippen LogP contribution is -2.51. The van der Waals surface area contributed by atoms with Gasteiger partial charge < -0.3 is 4.74 Å². The smallest absolute Gasteiger partial charge is 0.402 e. The first-order valence-corrected chi connectivity index (χ1v) is 7.50. The van der Waals surface area contributed by atoms with Crippen molar-refractivity contribution in [3.8, 4) is 0 Å². The minimum Gasteiger partial charge on any atom is -0.469 e. The van der Waals surface area contributed by atoms with Gasteiger partial charge in [-0.1, -0.05) is 6.42 Å². The quantitative estimate of drug-likeness (QED) is 0.761. The third-order valence-electron chi connectivity index (χ3n) is 2.97. The second-order valence-corrected chi connectivity index (χ2v) is 6.19. The maximum atomic E-state index is 12.1. The van der Waals surface area contributed by atoms with E-state index in [2.05, 4.69) is 4.74 Å². The van der Waals surface area contributed by atoms with Crippen LogP contribution in [-0.4, -0.2) is 51.1 Å². The van der Waals surface area contributed by atoms with Crippen molar-refractivity contribution in [1.82, 2.24) is 9.03 Å². The Morgan fingerprint density at radius 2 is 2.05 bits per heavy atom. The zero-order valence-electron chi connectivity index (χ0n) is 10.9. The number of esters is 1. The molecule has 1 rings (SSSR count). The Bertz CT molecular complexity index is 438. The Morgan fingerprint density at radius 3 is 2.60 bits per heavy atom. The fourth-order valence-corrected chi connectivity index (χ4v) is 3.48. The summed E-state index contributed by atoms with van der Waals surface area (Å²) in [6.07, 6.45) is -3.11. The van der Waals surface area contributed by atoms with Gasteiger partial charge in [0.1, 0.15) is 6.54 Å². The van der Waals surface area contributed by atoms with Crippen molar-refractivity contribution in [1.29, 1.82) is 0 Å². The number of halogens is 3. The molecule has 0 saturated carbocycles. The molecule has 118 valence electrons. The number of methoxy groups -OCH3 is 1. The van der Waals surface area contributed by atoms with Gasteiger partial charge in [0.15, 0.2) is 0 Å². The topological polar surface area (TPSA) is 75.7 Å². The van der Waals surface area contributed by atoms with Crippen LogP contribution in [0.1, 0.15) is 25.7 Å². The zero-order chi connectivity index (χ0) is 15.4. The molecule has 20 heavy (non-hydrogen) atoms. The molecule has 0 radical (unpaired) electrons. The van der Waals surface area contributed by atoms with Gasteiger partial charge >= 0.3 is 12.1 Å². The molecule has 1 saturated heterocycles. The summed E-state index contributed by atoms with van der Waals surface area (Å²) in [6, 6.07) is -0.665. The van der Waals surface area contributed by atoms with Crippen LogP contribution >= 0.6 is 0 Å². The van der Waals surface area contributed by atoms with Crippen LogP contribution in [0.15, 0.2) is 0 Å². The van der Waals surface area contributed by atoms with Gasteiger partial charge in [-0.05, 0) is 12.8 Å². The number of alkyl halides is 3. The van der Waals surface area contributed by atoms with E-state index in [4.69, 9.17) is 0 Å². The lowest BCUT2D eigenvalue weighted by atomic mass is 10.0. The van der Waals surface area contributed by atoms with Crippen molar-refractivity contribution in [3.63, 3.8) is 0 Å². The number of carbonyl (C=O) groups excluding carboxylic acids is 1.